The largest absolute Gasteiger partial charge is 0.461 e. The van der Waals surface area contributed by atoms with Crippen molar-refractivity contribution in [1.82, 2.24) is 9.88 Å². The number of hydrogen-bond donors (Lipinski definition) is 2. The molecule has 3 rings (SSSR count). The van der Waals surface area contributed by atoms with Crippen molar-refractivity contribution in [2.24, 2.45) is 0 Å². The third-order valence-corrected chi connectivity index (χ3v) is 4.79. The fourth-order valence-electron chi connectivity index (χ4n) is 3.41. The molecule has 2 N–H and O–H groups in total. The Kier molecular flexibility index (Phi) is 5.56. The summed E-state index contributed by atoms with van der Waals surface area (Å²) in [6, 6.07) is 4.48. The summed E-state index contributed by atoms with van der Waals surface area (Å²) >= 11 is 0. The van der Waals surface area contributed by atoms with E-state index in [0.29, 0.717) is 16.9 Å². The van der Waals surface area contributed by atoms with Crippen LogP contribution in [0, 0.1) is 5.82 Å². The van der Waals surface area contributed by atoms with E-state index in [1.54, 1.807) is 6.92 Å². The first-order chi connectivity index (χ1) is 12.5. The van der Waals surface area contributed by atoms with Gasteiger partial charge in [0, 0.05) is 16.9 Å². The van der Waals surface area contributed by atoms with Gasteiger partial charge in [-0.1, -0.05) is 6.42 Å². The number of hydrogen-bond acceptors (Lipinski definition) is 4. The zero-order chi connectivity index (χ0) is 18.7. The molecule has 0 saturated carbocycles. The Morgan fingerprint density at radius 3 is 2.92 bits per heavy atom. The molecule has 2 heterocycles. The smallest absolute Gasteiger partial charge is 0.356 e. The van der Waals surface area contributed by atoms with E-state index in [1.165, 1.54) is 24.6 Å². The zero-order valence-electron chi connectivity index (χ0n) is 15.1. The Bertz CT molecular complexity index is 818. The number of nitrogens with zero attached hydrogens (tertiary/aromatic N) is 1. The maximum absolute atomic E-state index is 13.7. The number of benzene rings is 1. The minimum absolute atomic E-state index is 0.132. The van der Waals surface area contributed by atoms with Crippen molar-refractivity contribution in [3.63, 3.8) is 0 Å². The number of piperidine rings is 1. The molecule has 2 aromatic rings. The summed E-state index contributed by atoms with van der Waals surface area (Å²) in [5, 5.41) is 3.24. The molecule has 1 amide bonds. The van der Waals surface area contributed by atoms with Crippen molar-refractivity contribution in [3.05, 3.63) is 29.7 Å². The predicted octanol–water partition coefficient (Wildman–Crippen LogP) is 3.30. The number of amides is 1. The van der Waals surface area contributed by atoms with E-state index in [4.69, 9.17) is 4.74 Å². The van der Waals surface area contributed by atoms with Crippen molar-refractivity contribution < 1.29 is 18.7 Å². The third kappa shape index (κ3) is 3.88. The van der Waals surface area contributed by atoms with Gasteiger partial charge >= 0.3 is 5.97 Å². The van der Waals surface area contributed by atoms with Gasteiger partial charge in [0.25, 0.3) is 0 Å². The molecule has 1 aromatic carbocycles. The van der Waals surface area contributed by atoms with Crippen LogP contribution in [0.25, 0.3) is 10.9 Å². The third-order valence-electron chi connectivity index (χ3n) is 4.79. The van der Waals surface area contributed by atoms with Crippen molar-refractivity contribution in [2.75, 3.05) is 25.0 Å². The molecule has 1 atom stereocenters. The highest BCUT2D eigenvalue weighted by atomic mass is 19.1. The lowest BCUT2D eigenvalue weighted by Crippen LogP contribution is -2.42. The number of carbonyl (C=O) groups is 2. The molecule has 6 nitrogen and oxygen atoms in total. The van der Waals surface area contributed by atoms with Gasteiger partial charge in [0.05, 0.1) is 18.8 Å². The number of carbonyl (C=O) groups excluding carboxylic acids is 2. The maximum Gasteiger partial charge on any atom is 0.356 e. The second kappa shape index (κ2) is 7.86. The zero-order valence-corrected chi connectivity index (χ0v) is 15.1. The highest BCUT2D eigenvalue weighted by molar-refractivity contribution is 6.11. The molecule has 1 fully saturated rings. The molecule has 140 valence electrons. The minimum Gasteiger partial charge on any atom is -0.461 e. The molecule has 1 saturated heterocycles. The summed E-state index contributed by atoms with van der Waals surface area (Å²) in [5.41, 5.74) is 0.969. The molecule has 0 radical (unpaired) electrons. The standard InChI is InChI=1S/C19H24FN3O3/c1-3-26-19(25)18-17(14-10-13(20)7-8-15(14)21-18)22-16(24)11-23-9-5-4-6-12(23)2/h7-8,10,12,21H,3-6,9,11H2,1-2H3,(H,22,24)/t12-/m1/s1. The molecule has 1 aliphatic heterocycles. The lowest BCUT2D eigenvalue weighted by Gasteiger charge is -2.32. The van der Waals surface area contributed by atoms with E-state index in [9.17, 15) is 14.0 Å². The average Bonchev–Trinajstić information content (AvgIpc) is 2.95. The second-order valence-electron chi connectivity index (χ2n) is 6.65. The molecule has 0 spiro atoms. The first kappa shape index (κ1) is 18.4. The van der Waals surface area contributed by atoms with Crippen LogP contribution in [0.1, 0.15) is 43.6 Å². The topological polar surface area (TPSA) is 74.4 Å². The van der Waals surface area contributed by atoms with Crippen molar-refractivity contribution in [3.8, 4) is 0 Å². The number of esters is 1. The van der Waals surface area contributed by atoms with Gasteiger partial charge in [-0.3, -0.25) is 9.69 Å². The van der Waals surface area contributed by atoms with Gasteiger partial charge in [0.2, 0.25) is 5.91 Å². The van der Waals surface area contributed by atoms with E-state index < -0.39 is 11.8 Å². The summed E-state index contributed by atoms with van der Waals surface area (Å²) < 4.78 is 18.7. The number of aromatic nitrogens is 1. The minimum atomic E-state index is -0.578. The Balaban J connectivity index is 1.87. The summed E-state index contributed by atoms with van der Waals surface area (Å²) in [6.07, 6.45) is 3.32. The van der Waals surface area contributed by atoms with Crippen LogP contribution < -0.4 is 5.32 Å². The maximum atomic E-state index is 13.7. The lowest BCUT2D eigenvalue weighted by molar-refractivity contribution is -0.118. The van der Waals surface area contributed by atoms with E-state index >= 15 is 0 Å². The highest BCUT2D eigenvalue weighted by Gasteiger charge is 2.24. The number of halogens is 1. The van der Waals surface area contributed by atoms with Gasteiger partial charge in [-0.05, 0) is 51.4 Å². The summed E-state index contributed by atoms with van der Waals surface area (Å²) in [5.74, 6) is -1.24. The molecule has 0 aliphatic carbocycles. The number of anilines is 1. The predicted molar refractivity (Wildman–Crippen MR) is 97.7 cm³/mol. The van der Waals surface area contributed by atoms with Crippen molar-refractivity contribution in [1.29, 1.82) is 0 Å². The van der Waals surface area contributed by atoms with Crippen LogP contribution >= 0.6 is 0 Å². The fourth-order valence-corrected chi connectivity index (χ4v) is 3.41. The molecule has 7 heteroatoms. The van der Waals surface area contributed by atoms with Crippen LogP contribution in [0.2, 0.25) is 0 Å². The first-order valence-corrected chi connectivity index (χ1v) is 9.01. The molecular formula is C19H24FN3O3. The summed E-state index contributed by atoms with van der Waals surface area (Å²) in [7, 11) is 0. The monoisotopic (exact) mass is 361 g/mol. The van der Waals surface area contributed by atoms with Crippen LogP contribution in [0.4, 0.5) is 10.1 Å². The van der Waals surface area contributed by atoms with Crippen molar-refractivity contribution in [2.45, 2.75) is 39.2 Å². The van der Waals surface area contributed by atoms with Crippen LogP contribution in [-0.4, -0.2) is 47.5 Å². The van der Waals surface area contributed by atoms with Gasteiger partial charge in [-0.25, -0.2) is 9.18 Å². The van der Waals surface area contributed by atoms with E-state index in [1.807, 2.05) is 0 Å². The van der Waals surface area contributed by atoms with Crippen LogP contribution in [-0.2, 0) is 9.53 Å². The van der Waals surface area contributed by atoms with Crippen LogP contribution in [0.3, 0.4) is 0 Å². The Hall–Kier alpha value is -2.41. The van der Waals surface area contributed by atoms with Gasteiger partial charge < -0.3 is 15.0 Å². The van der Waals surface area contributed by atoms with E-state index in [2.05, 4.69) is 22.1 Å². The Morgan fingerprint density at radius 1 is 1.38 bits per heavy atom. The molecule has 1 aliphatic rings. The second-order valence-corrected chi connectivity index (χ2v) is 6.65. The normalized spacial score (nSPS) is 18.0. The van der Waals surface area contributed by atoms with Crippen molar-refractivity contribution >= 4 is 28.5 Å². The van der Waals surface area contributed by atoms with Gasteiger partial charge in [0.15, 0.2) is 0 Å². The van der Waals surface area contributed by atoms with E-state index in [-0.39, 0.29) is 30.4 Å². The molecule has 0 bridgehead atoms. The first-order valence-electron chi connectivity index (χ1n) is 9.01. The van der Waals surface area contributed by atoms with Crippen LogP contribution in [0.15, 0.2) is 18.2 Å². The summed E-state index contributed by atoms with van der Waals surface area (Å²) in [6.45, 7) is 5.14. The van der Waals surface area contributed by atoms with Gasteiger partial charge in [0.1, 0.15) is 11.5 Å². The lowest BCUT2D eigenvalue weighted by atomic mass is 10.0. The quantitative estimate of drug-likeness (QED) is 0.802. The number of ether oxygens (including phenoxy) is 1. The number of likely N-dealkylation sites (tertiary alicyclic amines) is 1. The number of aromatic amines is 1. The van der Waals surface area contributed by atoms with E-state index in [0.717, 1.165) is 19.4 Å². The van der Waals surface area contributed by atoms with Gasteiger partial charge in [-0.2, -0.15) is 0 Å². The number of nitrogens with one attached hydrogen (secondary N) is 2. The summed E-state index contributed by atoms with van der Waals surface area (Å²) in [4.78, 5) is 29.9. The average molecular weight is 361 g/mol. The van der Waals surface area contributed by atoms with Gasteiger partial charge in [-0.15, -0.1) is 0 Å². The number of rotatable bonds is 5. The SMILES string of the molecule is CCOC(=O)c1[nH]c2ccc(F)cc2c1NC(=O)CN1CCCC[C@H]1C. The number of fused-ring (bicyclic) bond motifs is 1. The molecular weight excluding hydrogens is 337 g/mol. The molecule has 0 unspecified atom stereocenters. The van der Waals surface area contributed by atoms with Crippen LogP contribution in [0.5, 0.6) is 0 Å². The highest BCUT2D eigenvalue weighted by Crippen LogP contribution is 2.29. The Morgan fingerprint density at radius 2 is 2.19 bits per heavy atom. The molecule has 1 aromatic heterocycles. The number of H-pyrrole nitrogens is 1. The Labute approximate surface area is 151 Å². The molecule has 26 heavy (non-hydrogen) atoms. The fraction of sp³-hybridized carbons (Fsp3) is 0.474.